The van der Waals surface area contributed by atoms with Crippen molar-refractivity contribution in [1.29, 1.82) is 0 Å². The highest BCUT2D eigenvalue weighted by atomic mass is 16.5. The summed E-state index contributed by atoms with van der Waals surface area (Å²) in [5.41, 5.74) is 0. The van der Waals surface area contributed by atoms with Crippen LogP contribution >= 0.6 is 0 Å². The summed E-state index contributed by atoms with van der Waals surface area (Å²) in [7, 11) is 0. The molecule has 63 heavy (non-hydrogen) atoms. The van der Waals surface area contributed by atoms with Crippen molar-refractivity contribution in [3.8, 4) is 0 Å². The summed E-state index contributed by atoms with van der Waals surface area (Å²) >= 11 is 0. The van der Waals surface area contributed by atoms with Gasteiger partial charge in [-0.3, -0.25) is 9.59 Å². The van der Waals surface area contributed by atoms with Crippen LogP contribution in [0.5, 0.6) is 0 Å². The lowest BCUT2D eigenvalue weighted by Gasteiger charge is -2.20. The molecule has 0 bridgehead atoms. The van der Waals surface area contributed by atoms with Gasteiger partial charge < -0.3 is 20.3 Å². The van der Waals surface area contributed by atoms with Gasteiger partial charge in [-0.1, -0.05) is 223 Å². The molecule has 0 aromatic heterocycles. The molecule has 0 radical (unpaired) electrons. The smallest absolute Gasteiger partial charge is 0.305 e. The minimum absolute atomic E-state index is 0.00368. The van der Waals surface area contributed by atoms with Crippen molar-refractivity contribution in [2.45, 2.75) is 289 Å². The SMILES string of the molecule is CCCCCC/C=C\CCCCCCCC(=O)OCCCCCCCCCCC/C=C\C/C=C\CCCCCCCCCC(=O)NC(CO)C(O)/C=C/CCCCCCCCCC. The van der Waals surface area contributed by atoms with Crippen LogP contribution in [0.2, 0.25) is 0 Å². The van der Waals surface area contributed by atoms with Crippen molar-refractivity contribution >= 4 is 11.9 Å². The van der Waals surface area contributed by atoms with E-state index >= 15 is 0 Å². The van der Waals surface area contributed by atoms with Crippen LogP contribution in [0.3, 0.4) is 0 Å². The number of unbranched alkanes of at least 4 members (excludes halogenated alkanes) is 33. The maximum absolute atomic E-state index is 12.4. The van der Waals surface area contributed by atoms with E-state index in [-0.39, 0.29) is 18.5 Å². The van der Waals surface area contributed by atoms with Crippen molar-refractivity contribution in [1.82, 2.24) is 5.32 Å². The van der Waals surface area contributed by atoms with E-state index in [1.165, 1.54) is 186 Å². The van der Waals surface area contributed by atoms with Gasteiger partial charge in [-0.15, -0.1) is 0 Å². The van der Waals surface area contributed by atoms with Gasteiger partial charge in [0.15, 0.2) is 0 Å². The fourth-order valence-electron chi connectivity index (χ4n) is 8.07. The van der Waals surface area contributed by atoms with Crippen molar-refractivity contribution in [2.24, 2.45) is 0 Å². The van der Waals surface area contributed by atoms with Crippen LogP contribution in [0.25, 0.3) is 0 Å². The number of nitrogens with one attached hydrogen (secondary N) is 1. The molecule has 0 aromatic rings. The van der Waals surface area contributed by atoms with Gasteiger partial charge in [-0.25, -0.2) is 0 Å². The van der Waals surface area contributed by atoms with Gasteiger partial charge >= 0.3 is 5.97 Å². The maximum Gasteiger partial charge on any atom is 0.305 e. The van der Waals surface area contributed by atoms with Crippen molar-refractivity contribution in [2.75, 3.05) is 13.2 Å². The number of carbonyl (C=O) groups is 2. The quantitative estimate of drug-likeness (QED) is 0.0321. The molecule has 0 saturated carbocycles. The Labute approximate surface area is 391 Å². The third kappa shape index (κ3) is 49.1. The average molecular weight is 884 g/mol. The molecule has 3 N–H and O–H groups in total. The third-order valence-corrected chi connectivity index (χ3v) is 12.3. The first-order chi connectivity index (χ1) is 31.0. The van der Waals surface area contributed by atoms with E-state index < -0.39 is 12.1 Å². The number of amides is 1. The normalized spacial score (nSPS) is 13.0. The number of aliphatic hydroxyl groups is 2. The molecule has 0 aliphatic carbocycles. The highest BCUT2D eigenvalue weighted by molar-refractivity contribution is 5.76. The Morgan fingerprint density at radius 1 is 0.444 bits per heavy atom. The number of carbonyl (C=O) groups excluding carboxylic acids is 2. The first-order valence-electron chi connectivity index (χ1n) is 27.4. The van der Waals surface area contributed by atoms with Crippen molar-refractivity contribution in [3.63, 3.8) is 0 Å². The largest absolute Gasteiger partial charge is 0.466 e. The zero-order valence-electron chi connectivity index (χ0n) is 41.8. The van der Waals surface area contributed by atoms with Gasteiger partial charge in [0.05, 0.1) is 25.4 Å². The van der Waals surface area contributed by atoms with Crippen LogP contribution in [0.1, 0.15) is 277 Å². The Morgan fingerprint density at radius 3 is 1.24 bits per heavy atom. The van der Waals surface area contributed by atoms with Crippen LogP contribution in [-0.2, 0) is 14.3 Å². The molecule has 2 atom stereocenters. The molecule has 0 spiro atoms. The number of esters is 1. The Kier molecular flexibility index (Phi) is 50.6. The van der Waals surface area contributed by atoms with E-state index in [0.29, 0.717) is 19.4 Å². The average Bonchev–Trinajstić information content (AvgIpc) is 3.28. The maximum atomic E-state index is 12.4. The molecule has 368 valence electrons. The molecule has 0 saturated heterocycles. The number of hydrogen-bond acceptors (Lipinski definition) is 5. The monoisotopic (exact) mass is 884 g/mol. The second-order valence-corrected chi connectivity index (χ2v) is 18.5. The summed E-state index contributed by atoms with van der Waals surface area (Å²) in [5.74, 6) is -0.0852. The fraction of sp³-hybridized carbons (Fsp3) is 0.825. The van der Waals surface area contributed by atoms with E-state index in [9.17, 15) is 19.8 Å². The van der Waals surface area contributed by atoms with Gasteiger partial charge in [-0.2, -0.15) is 0 Å². The molecule has 2 unspecified atom stereocenters. The topological polar surface area (TPSA) is 95.9 Å². The summed E-state index contributed by atoms with van der Waals surface area (Å²) in [6.45, 7) is 4.85. The number of aliphatic hydroxyl groups excluding tert-OH is 2. The predicted octanol–water partition coefficient (Wildman–Crippen LogP) is 16.6. The fourth-order valence-corrected chi connectivity index (χ4v) is 8.07. The van der Waals surface area contributed by atoms with E-state index in [1.54, 1.807) is 6.08 Å². The van der Waals surface area contributed by atoms with Crippen LogP contribution in [0.15, 0.2) is 48.6 Å². The second kappa shape index (κ2) is 52.4. The van der Waals surface area contributed by atoms with Crippen molar-refractivity contribution in [3.05, 3.63) is 48.6 Å². The van der Waals surface area contributed by atoms with Crippen molar-refractivity contribution < 1.29 is 24.5 Å². The van der Waals surface area contributed by atoms with Crippen LogP contribution in [0.4, 0.5) is 0 Å². The number of rotatable bonds is 50. The molecule has 0 aliphatic rings. The van der Waals surface area contributed by atoms with Gasteiger partial charge in [0, 0.05) is 12.8 Å². The second-order valence-electron chi connectivity index (χ2n) is 18.5. The van der Waals surface area contributed by atoms with Crippen LogP contribution in [-0.4, -0.2) is 47.4 Å². The Morgan fingerprint density at radius 2 is 0.794 bits per heavy atom. The summed E-state index contributed by atoms with van der Waals surface area (Å²) in [4.78, 5) is 24.4. The number of hydrogen-bond donors (Lipinski definition) is 3. The predicted molar refractivity (Wildman–Crippen MR) is 273 cm³/mol. The minimum atomic E-state index is -0.849. The highest BCUT2D eigenvalue weighted by Crippen LogP contribution is 2.15. The van der Waals surface area contributed by atoms with Crippen LogP contribution < -0.4 is 5.32 Å². The molecular formula is C57H105NO5. The van der Waals surface area contributed by atoms with Gasteiger partial charge in [-0.05, 0) is 89.9 Å². The summed E-state index contributed by atoms with van der Waals surface area (Å²) in [6, 6.07) is -0.634. The summed E-state index contributed by atoms with van der Waals surface area (Å²) in [6.07, 6.45) is 65.6. The molecule has 0 aliphatic heterocycles. The van der Waals surface area contributed by atoms with E-state index in [0.717, 1.165) is 64.2 Å². The van der Waals surface area contributed by atoms with Gasteiger partial charge in [0.25, 0.3) is 0 Å². The lowest BCUT2D eigenvalue weighted by molar-refractivity contribution is -0.143. The Hall–Kier alpha value is -2.18. The number of ether oxygens (including phenoxy) is 1. The van der Waals surface area contributed by atoms with E-state index in [2.05, 4.69) is 55.6 Å². The molecule has 6 heteroatoms. The Bertz CT molecular complexity index is 1070. The van der Waals surface area contributed by atoms with Crippen LogP contribution in [0, 0.1) is 0 Å². The standard InChI is InChI=1S/C57H105NO5/c1-3-5-7-9-11-13-15-27-31-35-39-43-47-51-57(62)63-52-48-44-40-36-32-29-26-24-22-20-18-16-17-19-21-23-25-28-30-34-38-42-46-50-56(61)58-54(53-59)55(60)49-45-41-37-33-14-12-10-8-6-4-2/h13,15-16,18-19,21,45,49,54-55,59-60H,3-12,14,17,20,22-44,46-48,50-53H2,1-2H3,(H,58,61)/b15-13-,18-16-,21-19-,49-45+. The van der Waals surface area contributed by atoms with Gasteiger partial charge in [0.1, 0.15) is 0 Å². The van der Waals surface area contributed by atoms with E-state index in [1.807, 2.05) is 6.08 Å². The third-order valence-electron chi connectivity index (χ3n) is 12.3. The first kappa shape index (κ1) is 60.8. The lowest BCUT2D eigenvalue weighted by Crippen LogP contribution is -2.45. The minimum Gasteiger partial charge on any atom is -0.466 e. The zero-order chi connectivity index (χ0) is 45.8. The molecule has 0 heterocycles. The summed E-state index contributed by atoms with van der Waals surface area (Å²) < 4.78 is 5.46. The first-order valence-corrected chi connectivity index (χ1v) is 27.4. The lowest BCUT2D eigenvalue weighted by atomic mass is 10.1. The summed E-state index contributed by atoms with van der Waals surface area (Å²) in [5, 5.41) is 22.9. The molecular weight excluding hydrogens is 779 g/mol. The molecule has 6 nitrogen and oxygen atoms in total. The molecule has 0 aromatic carbocycles. The highest BCUT2D eigenvalue weighted by Gasteiger charge is 2.18. The van der Waals surface area contributed by atoms with E-state index in [4.69, 9.17) is 4.74 Å². The zero-order valence-corrected chi connectivity index (χ0v) is 41.8. The molecule has 1 amide bonds. The molecule has 0 fully saturated rings. The van der Waals surface area contributed by atoms with Gasteiger partial charge in [0.2, 0.25) is 5.91 Å². The Balaban J connectivity index is 3.46. The molecule has 0 rings (SSSR count). The number of allylic oxidation sites excluding steroid dienone is 7.